The number of piperidine rings is 1. The summed E-state index contributed by atoms with van der Waals surface area (Å²) >= 11 is 6.49. The number of aryl methyl sites for hydroxylation is 1. The van der Waals surface area contributed by atoms with Crippen molar-refractivity contribution in [2.24, 2.45) is 18.9 Å². The number of anilines is 3. The molecule has 194 valence electrons. The van der Waals surface area contributed by atoms with E-state index in [-0.39, 0.29) is 40.7 Å². The van der Waals surface area contributed by atoms with Gasteiger partial charge in [0.2, 0.25) is 0 Å². The Labute approximate surface area is 219 Å². The van der Waals surface area contributed by atoms with E-state index in [2.05, 4.69) is 16.7 Å². The van der Waals surface area contributed by atoms with Crippen LogP contribution in [0, 0.1) is 23.2 Å². The van der Waals surface area contributed by atoms with Gasteiger partial charge in [-0.05, 0) is 42.2 Å². The van der Waals surface area contributed by atoms with Crippen molar-refractivity contribution in [1.29, 1.82) is 5.26 Å². The van der Waals surface area contributed by atoms with Crippen LogP contribution in [-0.4, -0.2) is 53.4 Å². The van der Waals surface area contributed by atoms with Crippen molar-refractivity contribution in [3.05, 3.63) is 51.3 Å². The molecular formula is C26H29ClN6O4. The van der Waals surface area contributed by atoms with Crippen LogP contribution in [0.15, 0.2) is 35.1 Å². The third-order valence-electron chi connectivity index (χ3n) is 6.65. The summed E-state index contributed by atoms with van der Waals surface area (Å²) in [7, 11) is 3.12. The monoisotopic (exact) mass is 524 g/mol. The highest BCUT2D eigenvalue weighted by Crippen LogP contribution is 2.33. The van der Waals surface area contributed by atoms with Crippen molar-refractivity contribution in [2.75, 3.05) is 37.0 Å². The average Bonchev–Trinajstić information content (AvgIpc) is 2.88. The molecule has 3 N–H and O–H groups in total. The number of nitrogens with zero attached hydrogens (tertiary/aromatic N) is 4. The fourth-order valence-corrected chi connectivity index (χ4v) is 4.79. The maximum absolute atomic E-state index is 12.6. The second-order valence-electron chi connectivity index (χ2n) is 9.39. The molecule has 2 aromatic heterocycles. The number of pyridine rings is 2. The molecule has 0 spiro atoms. The van der Waals surface area contributed by atoms with E-state index in [4.69, 9.17) is 21.3 Å². The van der Waals surface area contributed by atoms with E-state index < -0.39 is 6.10 Å². The van der Waals surface area contributed by atoms with Crippen LogP contribution in [0.4, 0.5) is 17.3 Å². The molecule has 0 radical (unpaired) electrons. The molecule has 11 heteroatoms. The van der Waals surface area contributed by atoms with E-state index in [0.717, 1.165) is 0 Å². The van der Waals surface area contributed by atoms with E-state index in [1.165, 1.54) is 11.6 Å². The number of hydrogen-bond donors (Lipinski definition) is 3. The van der Waals surface area contributed by atoms with Crippen molar-refractivity contribution in [3.8, 4) is 11.8 Å². The molecule has 1 unspecified atom stereocenters. The van der Waals surface area contributed by atoms with Crippen molar-refractivity contribution in [3.63, 3.8) is 0 Å². The highest BCUT2D eigenvalue weighted by molar-refractivity contribution is 6.33. The maximum atomic E-state index is 12.6. The van der Waals surface area contributed by atoms with Crippen molar-refractivity contribution in [1.82, 2.24) is 14.9 Å². The number of nitrogens with one attached hydrogen (secondary N) is 2. The molecule has 10 nitrogen and oxygen atoms in total. The van der Waals surface area contributed by atoms with Crippen LogP contribution in [-0.2, 0) is 11.8 Å². The first kappa shape index (κ1) is 26.3. The molecule has 1 aliphatic heterocycles. The number of aliphatic hydroxyl groups is 1. The predicted molar refractivity (Wildman–Crippen MR) is 143 cm³/mol. The summed E-state index contributed by atoms with van der Waals surface area (Å²) in [6.45, 7) is 4.81. The lowest BCUT2D eigenvalue weighted by atomic mass is 9.88. The van der Waals surface area contributed by atoms with Crippen LogP contribution >= 0.6 is 11.6 Å². The predicted octanol–water partition coefficient (Wildman–Crippen LogP) is 2.78. The van der Waals surface area contributed by atoms with E-state index in [1.54, 1.807) is 31.3 Å². The smallest absolute Gasteiger partial charge is 0.293 e. The molecule has 1 aromatic carbocycles. The number of carbonyl (C=O) groups excluding carboxylic acids is 1. The Balaban J connectivity index is 1.68. The van der Waals surface area contributed by atoms with E-state index in [9.17, 15) is 20.0 Å². The highest BCUT2D eigenvalue weighted by Gasteiger charge is 2.32. The minimum absolute atomic E-state index is 0.0242. The summed E-state index contributed by atoms with van der Waals surface area (Å²) < 4.78 is 6.89. The first-order chi connectivity index (χ1) is 17.6. The summed E-state index contributed by atoms with van der Waals surface area (Å²) in [4.78, 5) is 30.9. The molecule has 4 rings (SSSR count). The molecule has 3 atom stereocenters. The minimum atomic E-state index is -0.412. The number of rotatable bonds is 6. The molecule has 0 aliphatic carbocycles. The topological polar surface area (TPSA) is 133 Å². The summed E-state index contributed by atoms with van der Waals surface area (Å²) in [5.74, 6) is 0.646. The Morgan fingerprint density at radius 2 is 1.97 bits per heavy atom. The minimum Gasteiger partial charge on any atom is -0.478 e. The number of halogens is 1. The van der Waals surface area contributed by atoms with Gasteiger partial charge in [-0.25, -0.2) is 4.98 Å². The van der Waals surface area contributed by atoms with E-state index in [0.29, 0.717) is 46.9 Å². The van der Waals surface area contributed by atoms with Crippen molar-refractivity contribution >= 4 is 45.7 Å². The number of fused-ring (bicyclic) bond motifs is 1. The van der Waals surface area contributed by atoms with Gasteiger partial charge in [0, 0.05) is 38.3 Å². The molecular weight excluding hydrogens is 496 g/mol. The summed E-state index contributed by atoms with van der Waals surface area (Å²) in [5, 5.41) is 26.7. The first-order valence-electron chi connectivity index (χ1n) is 11.9. The Kier molecular flexibility index (Phi) is 7.57. The number of benzene rings is 1. The molecule has 1 saturated heterocycles. The standard InChI is InChI=1S/C26H29ClN6O4/c1-14-11-33(12-15(2)23(14)35)25-17(10-28)8-19(27)24(31-25)30-18-5-6-20-16(7-18)9-21(26(36)32(20)4)37-13-22(34)29-3/h5-9,14-15,23,35H,11-13H2,1-4H3,(H,29,34)(H,30,31)/t14-,15+,23?. The zero-order chi connectivity index (χ0) is 26.9. The molecule has 1 fully saturated rings. The molecule has 3 heterocycles. The number of nitriles is 1. The first-order valence-corrected chi connectivity index (χ1v) is 12.3. The van der Waals surface area contributed by atoms with Crippen molar-refractivity contribution < 1.29 is 14.6 Å². The molecule has 3 aromatic rings. The quantitative estimate of drug-likeness (QED) is 0.448. The average molecular weight is 525 g/mol. The molecule has 37 heavy (non-hydrogen) atoms. The summed E-state index contributed by atoms with van der Waals surface area (Å²) in [6, 6.07) is 10.8. The van der Waals surface area contributed by atoms with Gasteiger partial charge >= 0.3 is 0 Å². The van der Waals surface area contributed by atoms with Gasteiger partial charge in [0.25, 0.3) is 11.5 Å². The zero-order valence-electron chi connectivity index (χ0n) is 21.1. The van der Waals surface area contributed by atoms with E-state index >= 15 is 0 Å². The highest BCUT2D eigenvalue weighted by atomic mass is 35.5. The van der Waals surface area contributed by atoms with Crippen LogP contribution in [0.2, 0.25) is 5.02 Å². The van der Waals surface area contributed by atoms with Crippen LogP contribution in [0.5, 0.6) is 5.75 Å². The molecule has 0 bridgehead atoms. The van der Waals surface area contributed by atoms with Gasteiger partial charge in [0.15, 0.2) is 18.2 Å². The van der Waals surface area contributed by atoms with Gasteiger partial charge in [-0.3, -0.25) is 9.59 Å². The van der Waals surface area contributed by atoms with E-state index in [1.807, 2.05) is 24.8 Å². The summed E-state index contributed by atoms with van der Waals surface area (Å²) in [6.07, 6.45) is -0.412. The lowest BCUT2D eigenvalue weighted by Crippen LogP contribution is -2.48. The molecule has 0 saturated carbocycles. The second kappa shape index (κ2) is 10.7. The molecule has 1 amide bonds. The Hall–Kier alpha value is -3.81. The Morgan fingerprint density at radius 1 is 1.27 bits per heavy atom. The third kappa shape index (κ3) is 5.33. The van der Waals surface area contributed by atoms with Crippen molar-refractivity contribution in [2.45, 2.75) is 20.0 Å². The number of aromatic nitrogens is 2. The molecule has 1 aliphatic rings. The van der Waals surface area contributed by atoms with Crippen LogP contribution in [0.1, 0.15) is 19.4 Å². The van der Waals surface area contributed by atoms with Gasteiger partial charge in [-0.1, -0.05) is 25.4 Å². The summed E-state index contributed by atoms with van der Waals surface area (Å²) in [5.41, 5.74) is 1.34. The van der Waals surface area contributed by atoms with Crippen LogP contribution in [0.3, 0.4) is 0 Å². The third-order valence-corrected chi connectivity index (χ3v) is 6.94. The zero-order valence-corrected chi connectivity index (χ0v) is 21.8. The van der Waals surface area contributed by atoms with Crippen LogP contribution in [0.25, 0.3) is 10.9 Å². The van der Waals surface area contributed by atoms with Gasteiger partial charge in [0.1, 0.15) is 11.9 Å². The Bertz CT molecular complexity index is 1440. The SMILES string of the molecule is CNC(=O)COc1cc2cc(Nc3nc(N4C[C@@H](C)C(O)[C@@H](C)C4)c(C#N)cc3Cl)ccc2n(C)c1=O. The second-order valence-corrected chi connectivity index (χ2v) is 9.79. The number of ether oxygens (including phenoxy) is 1. The lowest BCUT2D eigenvalue weighted by molar-refractivity contribution is -0.122. The van der Waals surface area contributed by atoms with Gasteiger partial charge < -0.3 is 29.9 Å². The number of likely N-dealkylation sites (N-methyl/N-ethyl adjacent to an activating group) is 1. The normalized spacial score (nSPS) is 19.4. The fourth-order valence-electron chi connectivity index (χ4n) is 4.60. The number of carbonyl (C=O) groups is 1. The number of hydrogen-bond acceptors (Lipinski definition) is 8. The van der Waals surface area contributed by atoms with Crippen LogP contribution < -0.4 is 25.8 Å². The lowest BCUT2D eigenvalue weighted by Gasteiger charge is -2.39. The van der Waals surface area contributed by atoms with Gasteiger partial charge in [-0.2, -0.15) is 5.26 Å². The largest absolute Gasteiger partial charge is 0.478 e. The van der Waals surface area contributed by atoms with Gasteiger partial charge in [-0.15, -0.1) is 0 Å². The Morgan fingerprint density at radius 3 is 2.62 bits per heavy atom. The van der Waals surface area contributed by atoms with Gasteiger partial charge in [0.05, 0.1) is 22.2 Å². The maximum Gasteiger partial charge on any atom is 0.293 e. The fraction of sp³-hybridized carbons (Fsp3) is 0.385. The number of amides is 1. The number of aliphatic hydroxyl groups excluding tert-OH is 1.